The van der Waals surface area contributed by atoms with Gasteiger partial charge < -0.3 is 0 Å². The maximum atomic E-state index is 13.2. The number of hydrogen-bond donors (Lipinski definition) is 0. The molecule has 0 aliphatic heterocycles. The summed E-state index contributed by atoms with van der Waals surface area (Å²) in [7, 11) is 0. The Morgan fingerprint density at radius 1 is 1.05 bits per heavy atom. The number of alkyl halides is 6. The first-order valence-corrected chi connectivity index (χ1v) is 5.83. The number of ketones is 1. The summed E-state index contributed by atoms with van der Waals surface area (Å²) in [6.07, 6.45) is -9.25. The molecule has 7 heteroatoms. The highest BCUT2D eigenvalue weighted by atomic mass is 19.4. The predicted octanol–water partition coefficient (Wildman–Crippen LogP) is 4.11. The first kappa shape index (κ1) is 16.5. The summed E-state index contributed by atoms with van der Waals surface area (Å²) >= 11 is 0. The summed E-state index contributed by atoms with van der Waals surface area (Å²) < 4.78 is 74.1. The molecular weight excluding hydrogens is 286 g/mol. The number of halogens is 6. The van der Waals surface area contributed by atoms with Crippen LogP contribution in [0.5, 0.6) is 0 Å². The molecule has 0 N–H and O–H groups in total. The first-order valence-electron chi connectivity index (χ1n) is 5.83. The van der Waals surface area contributed by atoms with Crippen molar-refractivity contribution in [3.05, 3.63) is 35.9 Å². The summed E-state index contributed by atoms with van der Waals surface area (Å²) in [6, 6.07) is 8.59. The molecule has 0 fully saturated rings. The largest absolute Gasteiger partial charge is 0.461 e. The Hall–Kier alpha value is -1.53. The average Bonchev–Trinajstić information content (AvgIpc) is 2.37. The van der Waals surface area contributed by atoms with Gasteiger partial charge in [-0.1, -0.05) is 30.3 Å². The van der Waals surface area contributed by atoms with E-state index in [2.05, 4.69) is 0 Å². The second-order valence-electron chi connectivity index (χ2n) is 4.28. The van der Waals surface area contributed by atoms with Crippen LogP contribution in [-0.4, -0.2) is 24.1 Å². The standard InChI is InChI=1S/C13H12F6O/c14-10(11(20)12(15,16)13(17,18)19)8-4-7-9-5-2-1-3-6-9/h1-3,5-6,10H,4,7-8H2. The van der Waals surface area contributed by atoms with E-state index >= 15 is 0 Å². The monoisotopic (exact) mass is 298 g/mol. The molecule has 0 bridgehead atoms. The number of aryl methyl sites for hydroxylation is 1. The number of hydrogen-bond acceptors (Lipinski definition) is 1. The van der Waals surface area contributed by atoms with E-state index in [1.807, 2.05) is 0 Å². The zero-order chi connectivity index (χ0) is 15.4. The summed E-state index contributed by atoms with van der Waals surface area (Å²) in [5, 5.41) is 0. The lowest BCUT2D eigenvalue weighted by molar-refractivity contribution is -0.270. The van der Waals surface area contributed by atoms with Gasteiger partial charge >= 0.3 is 12.1 Å². The van der Waals surface area contributed by atoms with Crippen LogP contribution in [-0.2, 0) is 11.2 Å². The first-order chi connectivity index (χ1) is 9.16. The molecule has 0 aliphatic carbocycles. The van der Waals surface area contributed by atoms with Crippen molar-refractivity contribution < 1.29 is 31.1 Å². The van der Waals surface area contributed by atoms with Crippen LogP contribution in [0.3, 0.4) is 0 Å². The minimum atomic E-state index is -6.06. The number of carbonyl (C=O) groups excluding carboxylic acids is 1. The highest BCUT2D eigenvalue weighted by molar-refractivity contribution is 5.90. The van der Waals surface area contributed by atoms with Crippen LogP contribution in [0.4, 0.5) is 26.3 Å². The molecule has 1 rings (SSSR count). The van der Waals surface area contributed by atoms with Crippen LogP contribution < -0.4 is 0 Å². The molecule has 0 aromatic heterocycles. The molecular formula is C13H12F6O. The lowest BCUT2D eigenvalue weighted by atomic mass is 10.0. The summed E-state index contributed by atoms with van der Waals surface area (Å²) in [4.78, 5) is 10.8. The number of carbonyl (C=O) groups is 1. The fourth-order valence-corrected chi connectivity index (χ4v) is 1.60. The Morgan fingerprint density at radius 2 is 1.60 bits per heavy atom. The van der Waals surface area contributed by atoms with Gasteiger partial charge in [0, 0.05) is 0 Å². The van der Waals surface area contributed by atoms with Gasteiger partial charge in [-0.25, -0.2) is 4.39 Å². The lowest BCUT2D eigenvalue weighted by Gasteiger charge is -2.19. The molecule has 0 radical (unpaired) electrons. The van der Waals surface area contributed by atoms with Crippen molar-refractivity contribution in [2.45, 2.75) is 37.5 Å². The third-order valence-corrected chi connectivity index (χ3v) is 2.72. The molecule has 112 valence electrons. The predicted molar refractivity (Wildman–Crippen MR) is 60.3 cm³/mol. The Bertz CT molecular complexity index is 440. The molecule has 0 saturated carbocycles. The maximum Gasteiger partial charge on any atom is 0.461 e. The molecule has 20 heavy (non-hydrogen) atoms. The lowest BCUT2D eigenvalue weighted by Crippen LogP contribution is -2.47. The van der Waals surface area contributed by atoms with Crippen LogP contribution in [0.15, 0.2) is 30.3 Å². The van der Waals surface area contributed by atoms with E-state index < -0.39 is 30.5 Å². The maximum absolute atomic E-state index is 13.2. The Labute approximate surface area is 111 Å². The molecule has 1 unspecified atom stereocenters. The van der Waals surface area contributed by atoms with E-state index in [4.69, 9.17) is 0 Å². The van der Waals surface area contributed by atoms with Gasteiger partial charge in [0.05, 0.1) is 0 Å². The van der Waals surface area contributed by atoms with E-state index in [1.54, 1.807) is 30.3 Å². The Balaban J connectivity index is 2.51. The Kier molecular flexibility index (Phi) is 5.19. The van der Waals surface area contributed by atoms with Crippen LogP contribution in [0.1, 0.15) is 18.4 Å². The third kappa shape index (κ3) is 3.98. The summed E-state index contributed by atoms with van der Waals surface area (Å²) in [5.41, 5.74) is 0.787. The van der Waals surface area contributed by atoms with Crippen LogP contribution in [0, 0.1) is 0 Å². The molecule has 0 amide bonds. The van der Waals surface area contributed by atoms with E-state index in [-0.39, 0.29) is 6.42 Å². The van der Waals surface area contributed by atoms with Gasteiger partial charge in [0.2, 0.25) is 5.78 Å². The Morgan fingerprint density at radius 3 is 2.10 bits per heavy atom. The zero-order valence-corrected chi connectivity index (χ0v) is 10.3. The van der Waals surface area contributed by atoms with Crippen molar-refractivity contribution in [1.29, 1.82) is 0 Å². The molecule has 0 heterocycles. The van der Waals surface area contributed by atoms with Gasteiger partial charge in [0.1, 0.15) is 0 Å². The van der Waals surface area contributed by atoms with Crippen molar-refractivity contribution in [3.8, 4) is 0 Å². The molecule has 0 spiro atoms. The van der Waals surface area contributed by atoms with E-state index in [1.165, 1.54) is 0 Å². The minimum Gasteiger partial charge on any atom is -0.289 e. The van der Waals surface area contributed by atoms with Gasteiger partial charge in [-0.3, -0.25) is 4.79 Å². The third-order valence-electron chi connectivity index (χ3n) is 2.72. The zero-order valence-electron chi connectivity index (χ0n) is 10.3. The van der Waals surface area contributed by atoms with Crippen molar-refractivity contribution in [1.82, 2.24) is 0 Å². The fraction of sp³-hybridized carbons (Fsp3) is 0.462. The van der Waals surface area contributed by atoms with Crippen molar-refractivity contribution in [3.63, 3.8) is 0 Å². The molecule has 1 aromatic rings. The van der Waals surface area contributed by atoms with Gasteiger partial charge in [0.15, 0.2) is 6.17 Å². The fourth-order valence-electron chi connectivity index (χ4n) is 1.60. The van der Waals surface area contributed by atoms with Gasteiger partial charge in [-0.2, -0.15) is 22.0 Å². The molecule has 1 nitrogen and oxygen atoms in total. The number of rotatable bonds is 6. The quantitative estimate of drug-likeness (QED) is 0.722. The van der Waals surface area contributed by atoms with Crippen molar-refractivity contribution in [2.75, 3.05) is 0 Å². The summed E-state index contributed by atoms with van der Waals surface area (Å²) in [6.45, 7) is 0. The summed E-state index contributed by atoms with van der Waals surface area (Å²) in [5.74, 6) is -8.36. The van der Waals surface area contributed by atoms with Gasteiger partial charge in [-0.15, -0.1) is 0 Å². The SMILES string of the molecule is O=C(C(F)CCCc1ccccc1)C(F)(F)C(F)(F)F. The minimum absolute atomic E-state index is 0.00482. The van der Waals surface area contributed by atoms with E-state index in [9.17, 15) is 31.1 Å². The smallest absolute Gasteiger partial charge is 0.289 e. The van der Waals surface area contributed by atoms with Crippen molar-refractivity contribution in [2.24, 2.45) is 0 Å². The highest BCUT2D eigenvalue weighted by Gasteiger charge is 2.64. The van der Waals surface area contributed by atoms with Gasteiger partial charge in [-0.05, 0) is 24.8 Å². The van der Waals surface area contributed by atoms with E-state index in [0.717, 1.165) is 5.56 Å². The molecule has 0 saturated heterocycles. The average molecular weight is 298 g/mol. The van der Waals surface area contributed by atoms with Crippen LogP contribution >= 0.6 is 0 Å². The second-order valence-corrected chi connectivity index (χ2v) is 4.28. The normalized spacial score (nSPS) is 14.1. The van der Waals surface area contributed by atoms with Gasteiger partial charge in [0.25, 0.3) is 0 Å². The van der Waals surface area contributed by atoms with Crippen LogP contribution in [0.2, 0.25) is 0 Å². The highest BCUT2D eigenvalue weighted by Crippen LogP contribution is 2.37. The van der Waals surface area contributed by atoms with Crippen molar-refractivity contribution >= 4 is 5.78 Å². The molecule has 1 aromatic carbocycles. The van der Waals surface area contributed by atoms with Crippen LogP contribution in [0.25, 0.3) is 0 Å². The number of Topliss-reactive ketones (excluding diaryl/α,β-unsaturated/α-hetero) is 1. The molecule has 1 atom stereocenters. The second kappa shape index (κ2) is 6.28. The van der Waals surface area contributed by atoms with E-state index in [0.29, 0.717) is 6.42 Å². The molecule has 0 aliphatic rings. The topological polar surface area (TPSA) is 17.1 Å². The number of benzene rings is 1.